The SMILES string of the molecule is CC(C)C[C@@H]1NC(=O)[C@@H](Cc2ccccc2)NC(=O)C(CCCCCC(=O)C2CO2)NC(=O)[C@@H]2CCCCN2C1=O. The van der Waals surface area contributed by atoms with Crippen molar-refractivity contribution in [2.45, 2.75) is 108 Å². The highest BCUT2D eigenvalue weighted by atomic mass is 16.6. The molecular weight excluding hydrogens is 524 g/mol. The van der Waals surface area contributed by atoms with E-state index in [0.717, 1.165) is 24.8 Å². The number of carbonyl (C=O) groups excluding carboxylic acids is 5. The highest BCUT2D eigenvalue weighted by Gasteiger charge is 2.39. The molecule has 0 aliphatic carbocycles. The van der Waals surface area contributed by atoms with E-state index in [2.05, 4.69) is 16.0 Å². The molecule has 0 saturated carbocycles. The quantitative estimate of drug-likeness (QED) is 0.276. The zero-order valence-corrected chi connectivity index (χ0v) is 24.2. The summed E-state index contributed by atoms with van der Waals surface area (Å²) in [6.07, 6.45) is 5.34. The first-order valence-corrected chi connectivity index (χ1v) is 15.1. The van der Waals surface area contributed by atoms with Crippen LogP contribution in [-0.4, -0.2) is 77.7 Å². The zero-order valence-electron chi connectivity index (χ0n) is 24.2. The maximum atomic E-state index is 13.8. The van der Waals surface area contributed by atoms with Gasteiger partial charge in [0, 0.05) is 19.4 Å². The van der Waals surface area contributed by atoms with Gasteiger partial charge in [-0.25, -0.2) is 0 Å². The third kappa shape index (κ3) is 8.86. The van der Waals surface area contributed by atoms with Gasteiger partial charge >= 0.3 is 0 Å². The van der Waals surface area contributed by atoms with E-state index >= 15 is 0 Å². The maximum absolute atomic E-state index is 13.8. The minimum absolute atomic E-state index is 0.106. The third-order valence-corrected chi connectivity index (χ3v) is 8.07. The topological polar surface area (TPSA) is 137 Å². The molecule has 3 heterocycles. The van der Waals surface area contributed by atoms with Crippen LogP contribution >= 0.6 is 0 Å². The molecule has 4 amide bonds. The van der Waals surface area contributed by atoms with Gasteiger partial charge in [-0.3, -0.25) is 24.0 Å². The highest BCUT2D eigenvalue weighted by Crippen LogP contribution is 2.22. The molecule has 41 heavy (non-hydrogen) atoms. The molecule has 1 aromatic carbocycles. The Morgan fingerprint density at radius 3 is 2.29 bits per heavy atom. The summed E-state index contributed by atoms with van der Waals surface area (Å²) in [4.78, 5) is 68.1. The smallest absolute Gasteiger partial charge is 0.245 e. The average molecular weight is 569 g/mol. The van der Waals surface area contributed by atoms with Crippen LogP contribution in [0.25, 0.3) is 0 Å². The zero-order chi connectivity index (χ0) is 29.4. The van der Waals surface area contributed by atoms with E-state index in [0.29, 0.717) is 51.7 Å². The fraction of sp³-hybridized carbons (Fsp3) is 0.645. The molecular formula is C31H44N4O6. The van der Waals surface area contributed by atoms with Gasteiger partial charge in [-0.1, -0.05) is 57.0 Å². The average Bonchev–Trinajstić information content (AvgIpc) is 3.81. The minimum Gasteiger partial charge on any atom is -0.365 e. The van der Waals surface area contributed by atoms with Gasteiger partial charge in [-0.05, 0) is 50.0 Å². The first kappa shape index (κ1) is 30.7. The molecule has 0 radical (unpaired) electrons. The van der Waals surface area contributed by atoms with Crippen molar-refractivity contribution in [3.63, 3.8) is 0 Å². The molecule has 0 aromatic heterocycles. The van der Waals surface area contributed by atoms with Gasteiger partial charge in [0.1, 0.15) is 30.3 Å². The second kappa shape index (κ2) is 14.6. The molecule has 5 atom stereocenters. The summed E-state index contributed by atoms with van der Waals surface area (Å²) < 4.78 is 5.04. The molecule has 2 unspecified atom stereocenters. The second-order valence-electron chi connectivity index (χ2n) is 11.9. The second-order valence-corrected chi connectivity index (χ2v) is 11.9. The number of ether oxygens (including phenoxy) is 1. The van der Waals surface area contributed by atoms with Crippen molar-refractivity contribution in [3.8, 4) is 0 Å². The lowest BCUT2D eigenvalue weighted by atomic mass is 9.95. The predicted octanol–water partition coefficient (Wildman–Crippen LogP) is 2.04. The maximum Gasteiger partial charge on any atom is 0.245 e. The van der Waals surface area contributed by atoms with Gasteiger partial charge in [0.2, 0.25) is 23.6 Å². The van der Waals surface area contributed by atoms with E-state index in [1.54, 1.807) is 4.90 Å². The number of Topliss-reactive ketones (excluding diaryl/α,β-unsaturated/α-hetero) is 1. The molecule has 10 nitrogen and oxygen atoms in total. The molecule has 3 fully saturated rings. The lowest BCUT2D eigenvalue weighted by molar-refractivity contribution is -0.147. The van der Waals surface area contributed by atoms with Gasteiger partial charge in [0.15, 0.2) is 5.78 Å². The number of unbranched alkanes of at least 4 members (excludes halogenated alkanes) is 2. The first-order valence-electron chi connectivity index (χ1n) is 15.1. The number of piperidine rings is 1. The summed E-state index contributed by atoms with van der Waals surface area (Å²) in [5.74, 6) is -1.19. The molecule has 3 aliphatic rings. The van der Waals surface area contributed by atoms with Crippen molar-refractivity contribution in [2.24, 2.45) is 5.92 Å². The van der Waals surface area contributed by atoms with Crippen LogP contribution in [-0.2, 0) is 35.1 Å². The Kier molecular flexibility index (Phi) is 10.9. The number of fused-ring (bicyclic) bond motifs is 1. The Labute approximate surface area is 242 Å². The Balaban J connectivity index is 1.54. The first-order chi connectivity index (χ1) is 19.7. The monoisotopic (exact) mass is 568 g/mol. The van der Waals surface area contributed by atoms with Gasteiger partial charge in [-0.2, -0.15) is 0 Å². The predicted molar refractivity (Wildman–Crippen MR) is 153 cm³/mol. The van der Waals surface area contributed by atoms with E-state index in [9.17, 15) is 24.0 Å². The van der Waals surface area contributed by atoms with Crippen LogP contribution in [0.4, 0.5) is 0 Å². The van der Waals surface area contributed by atoms with E-state index in [4.69, 9.17) is 4.74 Å². The summed E-state index contributed by atoms with van der Waals surface area (Å²) in [5, 5.41) is 8.74. The summed E-state index contributed by atoms with van der Waals surface area (Å²) in [6, 6.07) is 6.14. The van der Waals surface area contributed by atoms with E-state index in [-0.39, 0.29) is 36.0 Å². The fourth-order valence-corrected chi connectivity index (χ4v) is 5.72. The number of epoxide rings is 1. The van der Waals surface area contributed by atoms with Gasteiger partial charge in [-0.15, -0.1) is 0 Å². The van der Waals surface area contributed by atoms with Crippen LogP contribution in [0, 0.1) is 5.92 Å². The van der Waals surface area contributed by atoms with Gasteiger partial charge in [0.05, 0.1) is 6.61 Å². The van der Waals surface area contributed by atoms with E-state index < -0.39 is 36.0 Å². The number of rotatable bonds is 11. The molecule has 4 rings (SSSR count). The standard InChI is InChI=1S/C31H44N4O6/c1-20(2)17-24-31(40)35-16-10-9-14-25(35)30(39)32-22(13-7-4-8-15-26(36)27-19-41-27)28(37)33-23(29(38)34-24)18-21-11-5-3-6-12-21/h3,5-6,11-12,20,22-25,27H,4,7-10,13-19H2,1-2H3,(H,32,39)(H,33,37)(H,34,38)/t22?,23-,24+,25+,27?/m1/s1. The number of nitrogens with zero attached hydrogens (tertiary/aromatic N) is 1. The number of carbonyl (C=O) groups is 5. The number of ketones is 1. The molecule has 0 spiro atoms. The number of amides is 4. The Morgan fingerprint density at radius 2 is 1.59 bits per heavy atom. The Bertz CT molecular complexity index is 1090. The summed E-state index contributed by atoms with van der Waals surface area (Å²) in [5.41, 5.74) is 0.868. The third-order valence-electron chi connectivity index (χ3n) is 8.07. The van der Waals surface area contributed by atoms with Crippen molar-refractivity contribution in [1.29, 1.82) is 0 Å². The van der Waals surface area contributed by atoms with Crippen LogP contribution < -0.4 is 16.0 Å². The highest BCUT2D eigenvalue weighted by molar-refractivity contribution is 5.97. The molecule has 3 N–H and O–H groups in total. The summed E-state index contributed by atoms with van der Waals surface area (Å²) in [6.45, 7) is 4.91. The fourth-order valence-electron chi connectivity index (χ4n) is 5.72. The van der Waals surface area contributed by atoms with Gasteiger partial charge < -0.3 is 25.6 Å². The molecule has 10 heteroatoms. The molecule has 3 saturated heterocycles. The normalized spacial score (nSPS) is 27.2. The van der Waals surface area contributed by atoms with E-state index in [1.165, 1.54) is 0 Å². The number of hydrogen-bond acceptors (Lipinski definition) is 6. The molecule has 3 aliphatic heterocycles. The summed E-state index contributed by atoms with van der Waals surface area (Å²) in [7, 11) is 0. The molecule has 0 bridgehead atoms. The van der Waals surface area contributed by atoms with Crippen LogP contribution in [0.2, 0.25) is 0 Å². The molecule has 1 aromatic rings. The van der Waals surface area contributed by atoms with Crippen molar-refractivity contribution in [1.82, 2.24) is 20.9 Å². The van der Waals surface area contributed by atoms with Crippen LogP contribution in [0.3, 0.4) is 0 Å². The number of nitrogens with one attached hydrogen (secondary N) is 3. The van der Waals surface area contributed by atoms with Crippen LogP contribution in [0.15, 0.2) is 30.3 Å². The van der Waals surface area contributed by atoms with Crippen molar-refractivity contribution in [3.05, 3.63) is 35.9 Å². The van der Waals surface area contributed by atoms with Crippen molar-refractivity contribution in [2.75, 3.05) is 13.2 Å². The van der Waals surface area contributed by atoms with Gasteiger partial charge in [0.25, 0.3) is 0 Å². The number of hydrogen-bond donors (Lipinski definition) is 3. The van der Waals surface area contributed by atoms with Crippen LogP contribution in [0.5, 0.6) is 0 Å². The lowest BCUT2D eigenvalue weighted by Gasteiger charge is -2.39. The Hall–Kier alpha value is -3.27. The largest absolute Gasteiger partial charge is 0.365 e. The van der Waals surface area contributed by atoms with Crippen molar-refractivity contribution < 1.29 is 28.7 Å². The Morgan fingerprint density at radius 1 is 0.902 bits per heavy atom. The number of benzene rings is 1. The van der Waals surface area contributed by atoms with E-state index in [1.807, 2.05) is 44.2 Å². The minimum atomic E-state index is -0.917. The van der Waals surface area contributed by atoms with Crippen LogP contribution in [0.1, 0.15) is 77.2 Å². The van der Waals surface area contributed by atoms with Crippen molar-refractivity contribution >= 4 is 29.4 Å². The lowest BCUT2D eigenvalue weighted by Crippen LogP contribution is -2.63. The molecule has 224 valence electrons. The summed E-state index contributed by atoms with van der Waals surface area (Å²) >= 11 is 0.